The van der Waals surface area contributed by atoms with Gasteiger partial charge in [-0.3, -0.25) is 0 Å². The van der Waals surface area contributed by atoms with Crippen molar-refractivity contribution in [2.45, 2.75) is 89.9 Å². The minimum Gasteiger partial charge on any atom is -0.393 e. The molecule has 3 nitrogen and oxygen atoms in total. The van der Waals surface area contributed by atoms with Crippen molar-refractivity contribution in [3.63, 3.8) is 0 Å². The van der Waals surface area contributed by atoms with Crippen molar-refractivity contribution in [1.29, 1.82) is 0 Å². The predicted octanol–water partition coefficient (Wildman–Crippen LogP) is 5.09. The lowest BCUT2D eigenvalue weighted by molar-refractivity contribution is 0.0862. The molecule has 4 rings (SSSR count). The quantitative estimate of drug-likeness (QED) is 0.551. The Hall–Kier alpha value is -1.16. The number of aliphatic hydroxyl groups excluding tert-OH is 3. The lowest BCUT2D eigenvalue weighted by Crippen LogP contribution is -2.35. The molecule has 3 N–H and O–H groups in total. The number of rotatable bonds is 5. The molecule has 0 saturated heterocycles. The molecule has 4 saturated carbocycles. The fraction of sp³-hybridized carbons (Fsp3) is 0.704. The van der Waals surface area contributed by atoms with Crippen LogP contribution in [0.25, 0.3) is 0 Å². The van der Waals surface area contributed by atoms with Crippen molar-refractivity contribution in [2.24, 2.45) is 29.1 Å². The molecule has 0 radical (unpaired) electrons. The van der Waals surface area contributed by atoms with Crippen LogP contribution >= 0.6 is 0 Å². The molecule has 0 heterocycles. The Balaban J connectivity index is 1.48. The van der Waals surface area contributed by atoms with Gasteiger partial charge in [0.15, 0.2) is 0 Å². The third-order valence-corrected chi connectivity index (χ3v) is 8.65. The first-order valence-corrected chi connectivity index (χ1v) is 12.1. The standard InChI is InChI=1S/C27H40O3/c1-17(6-13-25(29)20-8-9-20)23-11-12-24-19(5-4-14-27(23,24)3)7-10-21-15-22(28)16-26(30)18(21)2/h6-7,10,13,17,20,22-26,28-30H,2,4-5,8-9,11-12,14-16H2,1,3H3/t17-,22-,23-,24+,25+,26+,27-/m1/s1. The SMILES string of the molecule is C=C1C(=CC=C2CCC[C@]3(C)[C@@H]([C@H](C)C=C[C@H](O)C4CC4)CC[C@@H]23)C[C@@H](O)C[C@@H]1O. The molecule has 0 unspecified atom stereocenters. The fourth-order valence-electron chi connectivity index (χ4n) is 6.63. The van der Waals surface area contributed by atoms with E-state index in [1.54, 1.807) is 0 Å². The minimum absolute atomic E-state index is 0.250. The summed E-state index contributed by atoms with van der Waals surface area (Å²) in [5, 5.41) is 30.4. The Morgan fingerprint density at radius 3 is 2.60 bits per heavy atom. The van der Waals surface area contributed by atoms with Gasteiger partial charge < -0.3 is 15.3 Å². The lowest BCUT2D eigenvalue weighted by Gasteiger charge is -2.44. The Morgan fingerprint density at radius 2 is 1.87 bits per heavy atom. The Morgan fingerprint density at radius 1 is 1.10 bits per heavy atom. The zero-order valence-corrected chi connectivity index (χ0v) is 18.8. The molecule has 0 aromatic heterocycles. The van der Waals surface area contributed by atoms with E-state index in [2.05, 4.69) is 44.7 Å². The van der Waals surface area contributed by atoms with Crippen LogP contribution < -0.4 is 0 Å². The molecule has 0 bridgehead atoms. The molecule has 0 aromatic carbocycles. The Kier molecular flexibility index (Phi) is 6.44. The van der Waals surface area contributed by atoms with Crippen molar-refractivity contribution in [1.82, 2.24) is 0 Å². The van der Waals surface area contributed by atoms with Gasteiger partial charge in [-0.05, 0) is 91.6 Å². The van der Waals surface area contributed by atoms with E-state index in [1.165, 1.54) is 44.1 Å². The van der Waals surface area contributed by atoms with Crippen LogP contribution in [0.3, 0.4) is 0 Å². The highest BCUT2D eigenvalue weighted by atomic mass is 16.3. The molecular formula is C27H40O3. The Labute approximate surface area is 182 Å². The van der Waals surface area contributed by atoms with Crippen LogP contribution in [-0.2, 0) is 0 Å². The van der Waals surface area contributed by atoms with Crippen molar-refractivity contribution in [2.75, 3.05) is 0 Å². The van der Waals surface area contributed by atoms with Crippen LogP contribution in [0.2, 0.25) is 0 Å². The third kappa shape index (κ3) is 4.40. The number of fused-ring (bicyclic) bond motifs is 1. The normalized spacial score (nSPS) is 42.1. The van der Waals surface area contributed by atoms with Gasteiger partial charge in [-0.2, -0.15) is 0 Å². The summed E-state index contributed by atoms with van der Waals surface area (Å²) in [6.07, 6.45) is 16.9. The second-order valence-electron chi connectivity index (χ2n) is 10.7. The summed E-state index contributed by atoms with van der Waals surface area (Å²) in [7, 11) is 0. The predicted molar refractivity (Wildman–Crippen MR) is 122 cm³/mol. The van der Waals surface area contributed by atoms with Gasteiger partial charge in [0.25, 0.3) is 0 Å². The van der Waals surface area contributed by atoms with E-state index < -0.39 is 12.2 Å². The second-order valence-corrected chi connectivity index (χ2v) is 10.7. The first-order valence-electron chi connectivity index (χ1n) is 12.1. The molecule has 4 fully saturated rings. The maximum atomic E-state index is 10.2. The molecule has 30 heavy (non-hydrogen) atoms. The summed E-state index contributed by atoms with van der Waals surface area (Å²) in [4.78, 5) is 0. The highest BCUT2D eigenvalue weighted by molar-refractivity contribution is 5.38. The maximum Gasteiger partial charge on any atom is 0.0811 e. The number of allylic oxidation sites excluding steroid dienone is 4. The highest BCUT2D eigenvalue weighted by Crippen LogP contribution is 2.59. The highest BCUT2D eigenvalue weighted by Gasteiger charge is 2.50. The van der Waals surface area contributed by atoms with Crippen LogP contribution in [0.4, 0.5) is 0 Å². The first kappa shape index (κ1) is 22.0. The second kappa shape index (κ2) is 8.76. The molecule has 166 valence electrons. The summed E-state index contributed by atoms with van der Waals surface area (Å²) in [5.74, 6) is 2.28. The smallest absolute Gasteiger partial charge is 0.0811 e. The summed E-state index contributed by atoms with van der Waals surface area (Å²) in [6.45, 7) is 8.88. The van der Waals surface area contributed by atoms with Crippen LogP contribution in [0.1, 0.15) is 71.6 Å². The number of aliphatic hydroxyl groups is 3. The molecular weight excluding hydrogens is 372 g/mol. The minimum atomic E-state index is -0.621. The van der Waals surface area contributed by atoms with Gasteiger partial charge in [0, 0.05) is 6.42 Å². The molecule has 3 heteroatoms. The average Bonchev–Trinajstić information content (AvgIpc) is 3.49. The fourth-order valence-corrected chi connectivity index (χ4v) is 6.63. The van der Waals surface area contributed by atoms with E-state index in [0.29, 0.717) is 41.9 Å². The Bertz CT molecular complexity index is 743. The summed E-state index contributed by atoms with van der Waals surface area (Å²) >= 11 is 0. The molecule has 7 atom stereocenters. The van der Waals surface area contributed by atoms with Crippen LogP contribution in [0.15, 0.2) is 47.6 Å². The van der Waals surface area contributed by atoms with Crippen LogP contribution in [-0.4, -0.2) is 33.6 Å². The van der Waals surface area contributed by atoms with Gasteiger partial charge in [0.1, 0.15) is 0 Å². The molecule has 4 aliphatic rings. The molecule has 0 aliphatic heterocycles. The van der Waals surface area contributed by atoms with Crippen molar-refractivity contribution < 1.29 is 15.3 Å². The van der Waals surface area contributed by atoms with E-state index >= 15 is 0 Å². The molecule has 4 aliphatic carbocycles. The van der Waals surface area contributed by atoms with Crippen molar-refractivity contribution in [3.05, 3.63) is 47.6 Å². The van der Waals surface area contributed by atoms with Crippen LogP contribution in [0.5, 0.6) is 0 Å². The summed E-state index contributed by atoms with van der Waals surface area (Å²) in [6, 6.07) is 0. The van der Waals surface area contributed by atoms with Crippen molar-refractivity contribution >= 4 is 0 Å². The van der Waals surface area contributed by atoms with E-state index in [-0.39, 0.29) is 6.10 Å². The average molecular weight is 413 g/mol. The van der Waals surface area contributed by atoms with E-state index in [4.69, 9.17) is 0 Å². The van der Waals surface area contributed by atoms with Gasteiger partial charge in [-0.1, -0.05) is 50.3 Å². The van der Waals surface area contributed by atoms with E-state index in [1.807, 2.05) is 0 Å². The molecule has 0 amide bonds. The number of hydrogen-bond donors (Lipinski definition) is 3. The largest absolute Gasteiger partial charge is 0.393 e. The topological polar surface area (TPSA) is 60.7 Å². The molecule has 0 spiro atoms. The third-order valence-electron chi connectivity index (χ3n) is 8.65. The van der Waals surface area contributed by atoms with Crippen LogP contribution in [0, 0.1) is 29.1 Å². The lowest BCUT2D eigenvalue weighted by atomic mass is 9.61. The van der Waals surface area contributed by atoms with Gasteiger partial charge >= 0.3 is 0 Å². The monoisotopic (exact) mass is 412 g/mol. The zero-order valence-electron chi connectivity index (χ0n) is 18.8. The van der Waals surface area contributed by atoms with Gasteiger partial charge in [0.05, 0.1) is 18.3 Å². The molecule has 0 aromatic rings. The summed E-state index contributed by atoms with van der Waals surface area (Å²) in [5.41, 5.74) is 3.63. The van der Waals surface area contributed by atoms with E-state index in [9.17, 15) is 15.3 Å². The summed E-state index contributed by atoms with van der Waals surface area (Å²) < 4.78 is 0. The van der Waals surface area contributed by atoms with E-state index in [0.717, 1.165) is 17.6 Å². The van der Waals surface area contributed by atoms with Gasteiger partial charge in [-0.15, -0.1) is 0 Å². The number of hydrogen-bond acceptors (Lipinski definition) is 3. The van der Waals surface area contributed by atoms with Gasteiger partial charge in [0.2, 0.25) is 0 Å². The first-order chi connectivity index (χ1) is 14.3. The zero-order chi connectivity index (χ0) is 21.5. The van der Waals surface area contributed by atoms with Gasteiger partial charge in [-0.25, -0.2) is 0 Å². The van der Waals surface area contributed by atoms with Crippen molar-refractivity contribution in [3.8, 4) is 0 Å². The maximum absolute atomic E-state index is 10.2.